The third-order valence-corrected chi connectivity index (χ3v) is 5.34. The Hall–Kier alpha value is -3.74. The number of imidazole rings is 1. The lowest BCUT2D eigenvalue weighted by Crippen LogP contribution is -2.31. The number of carbonyl (C=O) groups excluding carboxylic acids is 1. The quantitative estimate of drug-likeness (QED) is 0.494. The molecule has 0 aliphatic rings. The molecule has 0 aliphatic carbocycles. The SMILES string of the molecule is CC(C(=O)NCCn1ncc(-c2ccc(F)cc2)c1-c1nccn1C)c1ccccc1. The van der Waals surface area contributed by atoms with Crippen molar-refractivity contribution in [1.82, 2.24) is 24.6 Å². The first-order valence-electron chi connectivity index (χ1n) is 10.2. The molecular formula is C24H24FN5O. The second-order valence-corrected chi connectivity index (χ2v) is 7.42. The van der Waals surface area contributed by atoms with Crippen LogP contribution < -0.4 is 5.32 Å². The highest BCUT2D eigenvalue weighted by Gasteiger charge is 2.19. The van der Waals surface area contributed by atoms with E-state index in [0.29, 0.717) is 13.1 Å². The van der Waals surface area contributed by atoms with Crippen LogP contribution in [0.1, 0.15) is 18.4 Å². The van der Waals surface area contributed by atoms with Crippen LogP contribution in [0.4, 0.5) is 4.39 Å². The molecule has 0 bridgehead atoms. The van der Waals surface area contributed by atoms with Crippen molar-refractivity contribution in [3.63, 3.8) is 0 Å². The number of aryl methyl sites for hydroxylation is 1. The first-order valence-corrected chi connectivity index (χ1v) is 10.2. The molecule has 0 saturated carbocycles. The van der Waals surface area contributed by atoms with E-state index in [1.807, 2.05) is 59.7 Å². The van der Waals surface area contributed by atoms with Crippen molar-refractivity contribution in [1.29, 1.82) is 0 Å². The van der Waals surface area contributed by atoms with E-state index >= 15 is 0 Å². The van der Waals surface area contributed by atoms with Gasteiger partial charge in [0.05, 0.1) is 18.7 Å². The molecule has 4 rings (SSSR count). The molecule has 1 N–H and O–H groups in total. The predicted molar refractivity (Wildman–Crippen MR) is 118 cm³/mol. The van der Waals surface area contributed by atoms with Crippen molar-refractivity contribution >= 4 is 5.91 Å². The Labute approximate surface area is 180 Å². The van der Waals surface area contributed by atoms with Crippen molar-refractivity contribution in [2.75, 3.05) is 6.54 Å². The summed E-state index contributed by atoms with van der Waals surface area (Å²) >= 11 is 0. The maximum Gasteiger partial charge on any atom is 0.227 e. The van der Waals surface area contributed by atoms with Gasteiger partial charge in [-0.05, 0) is 30.2 Å². The molecule has 2 heterocycles. The average Bonchev–Trinajstić information content (AvgIpc) is 3.40. The van der Waals surface area contributed by atoms with E-state index < -0.39 is 0 Å². The fourth-order valence-corrected chi connectivity index (χ4v) is 3.56. The zero-order chi connectivity index (χ0) is 21.8. The summed E-state index contributed by atoms with van der Waals surface area (Å²) in [5.74, 6) is 0.198. The summed E-state index contributed by atoms with van der Waals surface area (Å²) in [6, 6.07) is 16.0. The van der Waals surface area contributed by atoms with Gasteiger partial charge in [0.2, 0.25) is 5.91 Å². The van der Waals surface area contributed by atoms with E-state index in [4.69, 9.17) is 0 Å². The summed E-state index contributed by atoms with van der Waals surface area (Å²) in [4.78, 5) is 17.0. The zero-order valence-corrected chi connectivity index (χ0v) is 17.5. The van der Waals surface area contributed by atoms with Crippen LogP contribution in [0.25, 0.3) is 22.6 Å². The Morgan fingerprint density at radius 3 is 2.55 bits per heavy atom. The molecule has 1 amide bonds. The monoisotopic (exact) mass is 417 g/mol. The van der Waals surface area contributed by atoms with Crippen LogP contribution in [0.5, 0.6) is 0 Å². The van der Waals surface area contributed by atoms with E-state index in [0.717, 1.165) is 28.2 Å². The van der Waals surface area contributed by atoms with Crippen molar-refractivity contribution in [2.24, 2.45) is 7.05 Å². The van der Waals surface area contributed by atoms with Crippen molar-refractivity contribution in [2.45, 2.75) is 19.4 Å². The van der Waals surface area contributed by atoms with Crippen LogP contribution in [-0.2, 0) is 18.4 Å². The third-order valence-electron chi connectivity index (χ3n) is 5.34. The Bertz CT molecular complexity index is 1160. The molecule has 158 valence electrons. The van der Waals surface area contributed by atoms with Gasteiger partial charge in [0.25, 0.3) is 0 Å². The van der Waals surface area contributed by atoms with Crippen LogP contribution in [-0.4, -0.2) is 31.8 Å². The van der Waals surface area contributed by atoms with Gasteiger partial charge in [-0.2, -0.15) is 5.10 Å². The lowest BCUT2D eigenvalue weighted by atomic mass is 10.0. The van der Waals surface area contributed by atoms with Gasteiger partial charge in [-0.3, -0.25) is 9.48 Å². The van der Waals surface area contributed by atoms with Gasteiger partial charge in [0.1, 0.15) is 11.5 Å². The van der Waals surface area contributed by atoms with Gasteiger partial charge in [-0.15, -0.1) is 0 Å². The molecule has 0 saturated heterocycles. The first-order chi connectivity index (χ1) is 15.0. The maximum absolute atomic E-state index is 13.4. The highest BCUT2D eigenvalue weighted by molar-refractivity contribution is 5.83. The second kappa shape index (κ2) is 8.95. The van der Waals surface area contributed by atoms with E-state index in [9.17, 15) is 9.18 Å². The van der Waals surface area contributed by atoms with E-state index in [2.05, 4.69) is 15.4 Å². The number of nitrogens with one attached hydrogen (secondary N) is 1. The summed E-state index contributed by atoms with van der Waals surface area (Å²) in [6.07, 6.45) is 5.35. The highest BCUT2D eigenvalue weighted by atomic mass is 19.1. The lowest BCUT2D eigenvalue weighted by molar-refractivity contribution is -0.122. The van der Waals surface area contributed by atoms with Gasteiger partial charge in [-0.1, -0.05) is 42.5 Å². The van der Waals surface area contributed by atoms with Crippen LogP contribution >= 0.6 is 0 Å². The summed E-state index contributed by atoms with van der Waals surface area (Å²) in [6.45, 7) is 2.80. The van der Waals surface area contributed by atoms with Gasteiger partial charge in [0, 0.05) is 31.5 Å². The molecule has 1 unspecified atom stereocenters. The lowest BCUT2D eigenvalue weighted by Gasteiger charge is -2.14. The smallest absolute Gasteiger partial charge is 0.227 e. The van der Waals surface area contributed by atoms with Crippen LogP contribution in [0.3, 0.4) is 0 Å². The van der Waals surface area contributed by atoms with E-state index in [1.165, 1.54) is 12.1 Å². The molecule has 7 heteroatoms. The zero-order valence-electron chi connectivity index (χ0n) is 17.5. The minimum Gasteiger partial charge on any atom is -0.354 e. The maximum atomic E-state index is 13.4. The normalized spacial score (nSPS) is 12.0. The summed E-state index contributed by atoms with van der Waals surface area (Å²) in [5, 5.41) is 7.53. The molecule has 0 fully saturated rings. The second-order valence-electron chi connectivity index (χ2n) is 7.42. The predicted octanol–water partition coefficient (Wildman–Crippen LogP) is 4.01. The molecule has 1 atom stereocenters. The highest BCUT2D eigenvalue weighted by Crippen LogP contribution is 2.31. The molecule has 0 aliphatic heterocycles. The number of aromatic nitrogens is 4. The summed E-state index contributed by atoms with van der Waals surface area (Å²) < 4.78 is 17.1. The van der Waals surface area contributed by atoms with Crippen molar-refractivity contribution < 1.29 is 9.18 Å². The molecule has 31 heavy (non-hydrogen) atoms. The van der Waals surface area contributed by atoms with Crippen LogP contribution in [0, 0.1) is 5.82 Å². The number of amides is 1. The Morgan fingerprint density at radius 1 is 1.13 bits per heavy atom. The number of hydrogen-bond acceptors (Lipinski definition) is 3. The van der Waals surface area contributed by atoms with Crippen molar-refractivity contribution in [3.8, 4) is 22.6 Å². The number of rotatable bonds is 7. The number of hydrogen-bond donors (Lipinski definition) is 1. The molecule has 0 radical (unpaired) electrons. The number of nitrogens with zero attached hydrogens (tertiary/aromatic N) is 4. The first kappa shape index (κ1) is 20.5. The van der Waals surface area contributed by atoms with Crippen LogP contribution in [0.15, 0.2) is 73.2 Å². The van der Waals surface area contributed by atoms with Crippen LogP contribution in [0.2, 0.25) is 0 Å². The van der Waals surface area contributed by atoms with Gasteiger partial charge in [0.15, 0.2) is 5.82 Å². The minimum absolute atomic E-state index is 0.0318. The van der Waals surface area contributed by atoms with E-state index in [1.54, 1.807) is 24.5 Å². The molecule has 0 spiro atoms. The van der Waals surface area contributed by atoms with Crippen molar-refractivity contribution in [3.05, 3.63) is 84.6 Å². The number of halogens is 1. The average molecular weight is 417 g/mol. The minimum atomic E-state index is -0.287. The van der Waals surface area contributed by atoms with Gasteiger partial charge < -0.3 is 9.88 Å². The molecule has 2 aromatic carbocycles. The molecule has 2 aromatic heterocycles. The Morgan fingerprint density at radius 2 is 1.87 bits per heavy atom. The fraction of sp³-hybridized carbons (Fsp3) is 0.208. The van der Waals surface area contributed by atoms with Gasteiger partial charge >= 0.3 is 0 Å². The Kier molecular flexibility index (Phi) is 5.93. The third kappa shape index (κ3) is 4.40. The Balaban J connectivity index is 1.54. The topological polar surface area (TPSA) is 64.7 Å². The number of benzene rings is 2. The molecule has 4 aromatic rings. The molecule has 6 nitrogen and oxygen atoms in total. The summed E-state index contributed by atoms with van der Waals surface area (Å²) in [7, 11) is 1.91. The van der Waals surface area contributed by atoms with Gasteiger partial charge in [-0.25, -0.2) is 9.37 Å². The fourth-order valence-electron chi connectivity index (χ4n) is 3.56. The standard InChI is InChI=1S/C24H24FN5O/c1-17(18-6-4-3-5-7-18)24(31)27-13-15-30-22(23-26-12-14-29(23)2)21(16-28-30)19-8-10-20(25)11-9-19/h3-12,14,16-17H,13,15H2,1-2H3,(H,27,31). The van der Waals surface area contributed by atoms with E-state index in [-0.39, 0.29) is 17.6 Å². The largest absolute Gasteiger partial charge is 0.354 e. The number of carbonyl (C=O) groups is 1. The summed E-state index contributed by atoms with van der Waals surface area (Å²) in [5.41, 5.74) is 3.52. The molecular weight excluding hydrogens is 393 g/mol.